The van der Waals surface area contributed by atoms with Gasteiger partial charge in [0.15, 0.2) is 5.78 Å². The summed E-state index contributed by atoms with van der Waals surface area (Å²) >= 11 is 5.93. The molecule has 8 heteroatoms. The van der Waals surface area contributed by atoms with Crippen molar-refractivity contribution in [2.45, 2.75) is 25.3 Å². The molecule has 1 heterocycles. The predicted octanol–water partition coefficient (Wildman–Crippen LogP) is 4.34. The maximum Gasteiger partial charge on any atom is 0.271 e. The first-order chi connectivity index (χ1) is 14.0. The number of non-ortho nitro benzene ring substituents is 1. The van der Waals surface area contributed by atoms with E-state index < -0.39 is 11.0 Å². The Balaban J connectivity index is 2.00. The van der Waals surface area contributed by atoms with Crippen LogP contribution in [-0.4, -0.2) is 22.5 Å². The molecule has 0 bridgehead atoms. The van der Waals surface area contributed by atoms with E-state index in [1.54, 1.807) is 0 Å². The number of halogens is 1. The first kappa shape index (κ1) is 19.1. The molecule has 4 rings (SSSR count). The maximum absolute atomic E-state index is 13.0. The predicted molar refractivity (Wildman–Crippen MR) is 110 cm³/mol. The number of carbonyl (C=O) groups excluding carboxylic acids is 2. The molecule has 1 aliphatic heterocycles. The van der Waals surface area contributed by atoms with Crippen LogP contribution in [0.1, 0.15) is 30.9 Å². The molecular formula is C21H18ClN3O4. The lowest BCUT2D eigenvalue weighted by atomic mass is 9.86. The standard InChI is InChI=1S/C21H18ClN3O4/c22-12-19(27)24-17-10-9-14(25(28)29)11-16(17)23-15-7-4-8-18(26)20(15)21(24)13-5-2-1-3-6-13/h1-3,5-6,9-11,21,23H,4,7-8,12H2. The number of nitrogens with zero attached hydrogens (tertiary/aromatic N) is 2. The van der Waals surface area contributed by atoms with Crippen LogP contribution < -0.4 is 10.2 Å². The fourth-order valence-electron chi connectivity index (χ4n) is 3.98. The van der Waals surface area contributed by atoms with Crippen molar-refractivity contribution in [3.63, 3.8) is 0 Å². The van der Waals surface area contributed by atoms with Gasteiger partial charge in [-0.1, -0.05) is 30.3 Å². The van der Waals surface area contributed by atoms with Crippen molar-refractivity contribution < 1.29 is 14.5 Å². The van der Waals surface area contributed by atoms with Crippen LogP contribution in [0.3, 0.4) is 0 Å². The Morgan fingerprint density at radius 1 is 1.21 bits per heavy atom. The number of nitrogens with one attached hydrogen (secondary N) is 1. The molecule has 0 radical (unpaired) electrons. The second-order valence-electron chi connectivity index (χ2n) is 6.96. The van der Waals surface area contributed by atoms with Crippen molar-refractivity contribution in [2.24, 2.45) is 0 Å². The zero-order valence-electron chi connectivity index (χ0n) is 15.4. The second kappa shape index (κ2) is 7.67. The van der Waals surface area contributed by atoms with Crippen molar-refractivity contribution in [1.82, 2.24) is 0 Å². The summed E-state index contributed by atoms with van der Waals surface area (Å²) in [5.74, 6) is -0.705. The molecule has 0 aromatic heterocycles. The Morgan fingerprint density at radius 3 is 2.66 bits per heavy atom. The molecule has 0 saturated heterocycles. The molecule has 0 saturated carbocycles. The van der Waals surface area contributed by atoms with E-state index in [-0.39, 0.29) is 23.3 Å². The number of carbonyl (C=O) groups is 2. The van der Waals surface area contributed by atoms with E-state index >= 15 is 0 Å². The third-order valence-electron chi connectivity index (χ3n) is 5.22. The zero-order chi connectivity index (χ0) is 20.5. The van der Waals surface area contributed by atoms with E-state index in [0.717, 1.165) is 5.56 Å². The number of benzene rings is 2. The molecule has 2 aromatic rings. The highest BCUT2D eigenvalue weighted by Gasteiger charge is 2.39. The Bertz CT molecular complexity index is 1040. The van der Waals surface area contributed by atoms with Gasteiger partial charge in [-0.3, -0.25) is 24.6 Å². The number of ketones is 1. The summed E-state index contributed by atoms with van der Waals surface area (Å²) in [6, 6.07) is 12.9. The van der Waals surface area contributed by atoms with E-state index in [4.69, 9.17) is 11.6 Å². The molecule has 148 valence electrons. The average molecular weight is 412 g/mol. The third kappa shape index (κ3) is 3.38. The van der Waals surface area contributed by atoms with Crippen molar-refractivity contribution >= 4 is 40.4 Å². The van der Waals surface area contributed by atoms with Crippen LogP contribution in [0, 0.1) is 10.1 Å². The second-order valence-corrected chi connectivity index (χ2v) is 7.23. The summed E-state index contributed by atoms with van der Waals surface area (Å²) in [5.41, 5.74) is 2.76. The van der Waals surface area contributed by atoms with E-state index in [9.17, 15) is 19.7 Å². The minimum absolute atomic E-state index is 0.0396. The summed E-state index contributed by atoms with van der Waals surface area (Å²) in [6.45, 7) is 0. The number of Topliss-reactive ketones (excluding diaryl/α,β-unsaturated/α-hetero) is 1. The zero-order valence-corrected chi connectivity index (χ0v) is 16.2. The summed E-state index contributed by atoms with van der Waals surface area (Å²) in [4.78, 5) is 38.2. The lowest BCUT2D eigenvalue weighted by Gasteiger charge is -2.33. The molecule has 1 amide bonds. The number of amides is 1. The molecule has 2 aliphatic rings. The number of hydrogen-bond acceptors (Lipinski definition) is 5. The van der Waals surface area contributed by atoms with Gasteiger partial charge in [0, 0.05) is 29.8 Å². The minimum atomic E-state index is -0.652. The van der Waals surface area contributed by atoms with Crippen LogP contribution in [0.2, 0.25) is 0 Å². The molecule has 7 nitrogen and oxygen atoms in total. The van der Waals surface area contributed by atoms with E-state index in [0.29, 0.717) is 41.9 Å². The highest BCUT2D eigenvalue weighted by atomic mass is 35.5. The van der Waals surface area contributed by atoms with Gasteiger partial charge in [-0.25, -0.2) is 0 Å². The fraction of sp³-hybridized carbons (Fsp3) is 0.238. The Morgan fingerprint density at radius 2 is 1.97 bits per heavy atom. The van der Waals surface area contributed by atoms with Gasteiger partial charge >= 0.3 is 0 Å². The van der Waals surface area contributed by atoms with Crippen LogP contribution in [0.25, 0.3) is 0 Å². The molecule has 2 aromatic carbocycles. The highest BCUT2D eigenvalue weighted by Crippen LogP contribution is 2.45. The van der Waals surface area contributed by atoms with Crippen LogP contribution in [0.15, 0.2) is 59.8 Å². The molecule has 1 atom stereocenters. The number of nitro groups is 1. The normalized spacial score (nSPS) is 18.4. The molecule has 0 fully saturated rings. The fourth-order valence-corrected chi connectivity index (χ4v) is 4.11. The topological polar surface area (TPSA) is 92.5 Å². The number of hydrogen-bond donors (Lipinski definition) is 1. The van der Waals surface area contributed by atoms with Crippen molar-refractivity contribution in [3.8, 4) is 0 Å². The Kier molecular flexibility index (Phi) is 5.07. The van der Waals surface area contributed by atoms with Gasteiger partial charge in [0.2, 0.25) is 5.91 Å². The van der Waals surface area contributed by atoms with Gasteiger partial charge in [-0.15, -0.1) is 11.6 Å². The van der Waals surface area contributed by atoms with Gasteiger partial charge in [0.1, 0.15) is 5.88 Å². The number of anilines is 2. The lowest BCUT2D eigenvalue weighted by molar-refractivity contribution is -0.384. The summed E-state index contributed by atoms with van der Waals surface area (Å²) < 4.78 is 0. The number of allylic oxidation sites excluding steroid dienone is 1. The smallest absolute Gasteiger partial charge is 0.271 e. The molecule has 0 spiro atoms. The number of rotatable bonds is 3. The minimum Gasteiger partial charge on any atom is -0.357 e. The number of alkyl halides is 1. The molecule has 1 aliphatic carbocycles. The van der Waals surface area contributed by atoms with Gasteiger partial charge in [-0.05, 0) is 24.5 Å². The Labute approximate surface area is 172 Å². The molecular weight excluding hydrogens is 394 g/mol. The van der Waals surface area contributed by atoms with Crippen molar-refractivity contribution in [2.75, 3.05) is 16.1 Å². The van der Waals surface area contributed by atoms with Crippen LogP contribution in [0.5, 0.6) is 0 Å². The molecule has 1 unspecified atom stereocenters. The van der Waals surface area contributed by atoms with Crippen molar-refractivity contribution in [1.29, 1.82) is 0 Å². The average Bonchev–Trinajstić information content (AvgIpc) is 2.88. The quantitative estimate of drug-likeness (QED) is 0.460. The van der Waals surface area contributed by atoms with Crippen molar-refractivity contribution in [3.05, 3.63) is 75.5 Å². The first-order valence-corrected chi connectivity index (χ1v) is 9.79. The lowest BCUT2D eigenvalue weighted by Crippen LogP contribution is -2.38. The number of nitro benzene ring substituents is 1. The summed E-state index contributed by atoms with van der Waals surface area (Å²) in [6.07, 6.45) is 1.69. The SMILES string of the molecule is O=C1CCCC2=C1C(c1ccccc1)N(C(=O)CCl)c1ccc([N+](=O)[O-])cc1N2. The number of fused-ring (bicyclic) bond motifs is 1. The van der Waals surface area contributed by atoms with Gasteiger partial charge < -0.3 is 5.32 Å². The van der Waals surface area contributed by atoms with Gasteiger partial charge in [-0.2, -0.15) is 0 Å². The molecule has 29 heavy (non-hydrogen) atoms. The van der Waals surface area contributed by atoms with Gasteiger partial charge in [0.25, 0.3) is 5.69 Å². The van der Waals surface area contributed by atoms with Gasteiger partial charge in [0.05, 0.1) is 22.3 Å². The van der Waals surface area contributed by atoms with Crippen LogP contribution >= 0.6 is 11.6 Å². The highest BCUT2D eigenvalue weighted by molar-refractivity contribution is 6.30. The summed E-state index contributed by atoms with van der Waals surface area (Å²) in [7, 11) is 0. The van der Waals surface area contributed by atoms with Crippen LogP contribution in [-0.2, 0) is 9.59 Å². The molecule has 1 N–H and O–H groups in total. The maximum atomic E-state index is 13.0. The first-order valence-electron chi connectivity index (χ1n) is 9.26. The van der Waals surface area contributed by atoms with E-state index in [1.165, 1.54) is 23.1 Å². The van der Waals surface area contributed by atoms with E-state index in [2.05, 4.69) is 5.32 Å². The third-order valence-corrected chi connectivity index (χ3v) is 5.45. The summed E-state index contributed by atoms with van der Waals surface area (Å²) in [5, 5.41) is 14.5. The Hall–Kier alpha value is -3.19. The largest absolute Gasteiger partial charge is 0.357 e. The van der Waals surface area contributed by atoms with Crippen LogP contribution in [0.4, 0.5) is 17.1 Å². The van der Waals surface area contributed by atoms with E-state index in [1.807, 2.05) is 30.3 Å². The monoisotopic (exact) mass is 411 g/mol.